The number of nitrogens with zero attached hydrogens (tertiary/aromatic N) is 1. The summed E-state index contributed by atoms with van der Waals surface area (Å²) in [5, 5.41) is 0. The first-order valence-corrected chi connectivity index (χ1v) is 9.58. The number of halogens is 1. The van der Waals surface area contributed by atoms with Gasteiger partial charge in [-0.15, -0.1) is 0 Å². The topological polar surface area (TPSA) is 63.7 Å². The SMILES string of the molecule is CN(C(=O)C1=Cc2cc(Br)ccc2OC1)[C@@H]1CCS(=O)(=O)C1. The summed E-state index contributed by atoms with van der Waals surface area (Å²) in [6, 6.07) is 5.38. The molecule has 118 valence electrons. The molecular formula is C15H16BrNO4S. The average molecular weight is 386 g/mol. The number of likely N-dealkylation sites (N-methyl/N-ethyl adjacent to an activating group) is 1. The first-order valence-electron chi connectivity index (χ1n) is 6.96. The van der Waals surface area contributed by atoms with Gasteiger partial charge in [0.2, 0.25) is 0 Å². The number of hydrogen-bond donors (Lipinski definition) is 0. The van der Waals surface area contributed by atoms with E-state index >= 15 is 0 Å². The normalized spacial score (nSPS) is 22.5. The Labute approximate surface area is 138 Å². The number of fused-ring (bicyclic) bond motifs is 1. The fourth-order valence-electron chi connectivity index (χ4n) is 2.75. The first kappa shape index (κ1) is 15.6. The van der Waals surface area contributed by atoms with Gasteiger partial charge in [-0.05, 0) is 30.7 Å². The Bertz CT molecular complexity index is 757. The zero-order valence-electron chi connectivity index (χ0n) is 12.1. The van der Waals surface area contributed by atoms with E-state index in [1.165, 1.54) is 4.90 Å². The number of benzene rings is 1. The van der Waals surface area contributed by atoms with Crippen LogP contribution in [-0.4, -0.2) is 50.4 Å². The number of ether oxygens (including phenoxy) is 1. The Balaban J connectivity index is 1.81. The molecule has 1 aromatic rings. The molecule has 2 heterocycles. The van der Waals surface area contributed by atoms with Crippen LogP contribution in [0.1, 0.15) is 12.0 Å². The molecule has 0 aliphatic carbocycles. The molecule has 1 aromatic carbocycles. The summed E-state index contributed by atoms with van der Waals surface area (Å²) < 4.78 is 29.6. The minimum absolute atomic E-state index is 0.0471. The Morgan fingerprint density at radius 1 is 1.41 bits per heavy atom. The summed E-state index contributed by atoms with van der Waals surface area (Å²) in [6.07, 6.45) is 2.31. The number of carbonyl (C=O) groups excluding carboxylic acids is 1. The van der Waals surface area contributed by atoms with E-state index in [0.29, 0.717) is 12.0 Å². The highest BCUT2D eigenvalue weighted by molar-refractivity contribution is 9.10. The summed E-state index contributed by atoms with van der Waals surface area (Å²) in [4.78, 5) is 14.1. The highest BCUT2D eigenvalue weighted by atomic mass is 79.9. The molecule has 2 aliphatic heterocycles. The number of hydrogen-bond acceptors (Lipinski definition) is 4. The maximum atomic E-state index is 12.6. The van der Waals surface area contributed by atoms with E-state index in [1.807, 2.05) is 24.3 Å². The minimum atomic E-state index is -3.01. The molecule has 0 saturated carbocycles. The van der Waals surface area contributed by atoms with Crippen LogP contribution in [0, 0.1) is 0 Å². The third-order valence-corrected chi connectivity index (χ3v) is 6.28. The second-order valence-corrected chi connectivity index (χ2v) is 8.76. The van der Waals surface area contributed by atoms with Gasteiger partial charge in [0.05, 0.1) is 17.1 Å². The molecule has 22 heavy (non-hydrogen) atoms. The van der Waals surface area contributed by atoms with Crippen molar-refractivity contribution in [1.29, 1.82) is 0 Å². The number of rotatable bonds is 2. The average Bonchev–Trinajstić information content (AvgIpc) is 2.85. The molecule has 0 spiro atoms. The smallest absolute Gasteiger partial charge is 0.253 e. The maximum absolute atomic E-state index is 12.6. The summed E-state index contributed by atoms with van der Waals surface area (Å²) in [6.45, 7) is 0.206. The molecule has 0 unspecified atom stereocenters. The molecule has 1 fully saturated rings. The van der Waals surface area contributed by atoms with E-state index in [9.17, 15) is 13.2 Å². The highest BCUT2D eigenvalue weighted by Gasteiger charge is 2.34. The molecule has 5 nitrogen and oxygen atoms in total. The molecule has 3 rings (SSSR count). The zero-order chi connectivity index (χ0) is 15.9. The fraction of sp³-hybridized carbons (Fsp3) is 0.400. The quantitative estimate of drug-likeness (QED) is 0.779. The van der Waals surface area contributed by atoms with Crippen molar-refractivity contribution >= 4 is 37.8 Å². The molecule has 0 N–H and O–H groups in total. The van der Waals surface area contributed by atoms with Crippen LogP contribution in [-0.2, 0) is 14.6 Å². The molecule has 2 aliphatic rings. The molecule has 1 atom stereocenters. The lowest BCUT2D eigenvalue weighted by atomic mass is 10.1. The summed E-state index contributed by atoms with van der Waals surface area (Å²) in [7, 11) is -1.35. The van der Waals surface area contributed by atoms with E-state index in [0.717, 1.165) is 15.8 Å². The van der Waals surface area contributed by atoms with Gasteiger partial charge in [-0.25, -0.2) is 8.42 Å². The summed E-state index contributed by atoms with van der Waals surface area (Å²) in [5.41, 5.74) is 1.38. The lowest BCUT2D eigenvalue weighted by Crippen LogP contribution is -2.39. The van der Waals surface area contributed by atoms with Crippen LogP contribution in [0.25, 0.3) is 6.08 Å². The second-order valence-electron chi connectivity index (χ2n) is 5.61. The van der Waals surface area contributed by atoms with Crippen LogP contribution >= 0.6 is 15.9 Å². The third kappa shape index (κ3) is 3.05. The Morgan fingerprint density at radius 2 is 2.18 bits per heavy atom. The largest absolute Gasteiger partial charge is 0.488 e. The van der Waals surface area contributed by atoms with E-state index in [4.69, 9.17) is 4.74 Å². The number of sulfone groups is 1. The van der Waals surface area contributed by atoms with Gasteiger partial charge < -0.3 is 9.64 Å². The van der Waals surface area contributed by atoms with E-state index in [2.05, 4.69) is 15.9 Å². The predicted molar refractivity (Wildman–Crippen MR) is 87.4 cm³/mol. The van der Waals surface area contributed by atoms with Gasteiger partial charge in [-0.2, -0.15) is 0 Å². The Morgan fingerprint density at radius 3 is 2.86 bits per heavy atom. The van der Waals surface area contributed by atoms with Crippen LogP contribution in [0.4, 0.5) is 0 Å². The number of carbonyl (C=O) groups is 1. The Hall–Kier alpha value is -1.34. The molecule has 0 bridgehead atoms. The molecule has 0 radical (unpaired) electrons. The lowest BCUT2D eigenvalue weighted by molar-refractivity contribution is -0.127. The van der Waals surface area contributed by atoms with Gasteiger partial charge in [-0.1, -0.05) is 15.9 Å². The van der Waals surface area contributed by atoms with Crippen LogP contribution in [0.3, 0.4) is 0 Å². The van der Waals surface area contributed by atoms with Gasteiger partial charge in [0.1, 0.15) is 12.4 Å². The van der Waals surface area contributed by atoms with Gasteiger partial charge in [0.15, 0.2) is 9.84 Å². The highest BCUT2D eigenvalue weighted by Crippen LogP contribution is 2.30. The molecular weight excluding hydrogens is 370 g/mol. The number of amides is 1. The van der Waals surface area contributed by atoms with Crippen molar-refractivity contribution in [2.75, 3.05) is 25.2 Å². The lowest BCUT2D eigenvalue weighted by Gasteiger charge is -2.26. The van der Waals surface area contributed by atoms with E-state index < -0.39 is 9.84 Å². The minimum Gasteiger partial charge on any atom is -0.488 e. The second kappa shape index (κ2) is 5.70. The summed E-state index contributed by atoms with van der Waals surface area (Å²) >= 11 is 3.40. The standard InChI is InChI=1S/C15H16BrNO4S/c1-17(13-4-5-22(19,20)9-13)15(18)11-6-10-7-12(16)2-3-14(10)21-8-11/h2-3,6-7,13H,4-5,8-9H2,1H3/t13-/m1/s1. The van der Waals surface area contributed by atoms with Crippen molar-refractivity contribution < 1.29 is 17.9 Å². The monoisotopic (exact) mass is 385 g/mol. The van der Waals surface area contributed by atoms with Crippen molar-refractivity contribution in [3.05, 3.63) is 33.8 Å². The van der Waals surface area contributed by atoms with Crippen molar-refractivity contribution in [3.63, 3.8) is 0 Å². The van der Waals surface area contributed by atoms with Crippen molar-refractivity contribution in [1.82, 2.24) is 4.90 Å². The molecule has 1 saturated heterocycles. The maximum Gasteiger partial charge on any atom is 0.253 e. The fourth-order valence-corrected chi connectivity index (χ4v) is 4.90. The van der Waals surface area contributed by atoms with Crippen LogP contribution < -0.4 is 4.74 Å². The summed E-state index contributed by atoms with van der Waals surface area (Å²) in [5.74, 6) is 0.769. The van der Waals surface area contributed by atoms with Gasteiger partial charge >= 0.3 is 0 Å². The van der Waals surface area contributed by atoms with Crippen LogP contribution in [0.2, 0.25) is 0 Å². The zero-order valence-corrected chi connectivity index (χ0v) is 14.5. The van der Waals surface area contributed by atoms with E-state index in [-0.39, 0.29) is 30.1 Å². The van der Waals surface area contributed by atoms with Gasteiger partial charge in [-0.3, -0.25) is 4.79 Å². The van der Waals surface area contributed by atoms with Gasteiger partial charge in [0.25, 0.3) is 5.91 Å². The Kier molecular flexibility index (Phi) is 4.03. The predicted octanol–water partition coefficient (Wildman–Crippen LogP) is 1.87. The third-order valence-electron chi connectivity index (χ3n) is 4.04. The van der Waals surface area contributed by atoms with Crippen molar-refractivity contribution in [2.45, 2.75) is 12.5 Å². The first-order chi connectivity index (χ1) is 10.4. The van der Waals surface area contributed by atoms with Crippen molar-refractivity contribution in [2.24, 2.45) is 0 Å². The van der Waals surface area contributed by atoms with E-state index in [1.54, 1.807) is 7.05 Å². The molecule has 0 aromatic heterocycles. The van der Waals surface area contributed by atoms with Gasteiger partial charge in [0, 0.05) is 23.1 Å². The van der Waals surface area contributed by atoms with Crippen LogP contribution in [0.5, 0.6) is 5.75 Å². The van der Waals surface area contributed by atoms with Crippen molar-refractivity contribution in [3.8, 4) is 5.75 Å². The molecule has 1 amide bonds. The molecule has 7 heteroatoms. The van der Waals surface area contributed by atoms with Crippen LogP contribution in [0.15, 0.2) is 28.2 Å².